The number of fused-ring (bicyclic) bond motifs is 4. The van der Waals surface area contributed by atoms with E-state index >= 15 is 0 Å². The highest BCUT2D eigenvalue weighted by Crippen LogP contribution is 2.87. The summed E-state index contributed by atoms with van der Waals surface area (Å²) in [6, 6.07) is 0. The zero-order valence-electron chi connectivity index (χ0n) is 29.5. The topological polar surface area (TPSA) is 88.5 Å². The molecule has 0 bridgehead atoms. The lowest BCUT2D eigenvalue weighted by atomic mass is 9.46. The van der Waals surface area contributed by atoms with E-state index in [4.69, 9.17) is 14.2 Å². The van der Waals surface area contributed by atoms with Crippen LogP contribution < -0.4 is 0 Å². The molecule has 2 spiro atoms. The fourth-order valence-electron chi connectivity index (χ4n) is 13.9. The summed E-state index contributed by atoms with van der Waals surface area (Å²) < 4.78 is 19.8. The van der Waals surface area contributed by atoms with Crippen molar-refractivity contribution in [1.29, 1.82) is 0 Å². The van der Waals surface area contributed by atoms with Crippen LogP contribution in [0.3, 0.4) is 0 Å². The molecular weight excluding hydrogens is 578 g/mol. The number of carbonyl (C=O) groups is 1. The van der Waals surface area contributed by atoms with Gasteiger partial charge in [-0.15, -0.1) is 0 Å². The highest BCUT2D eigenvalue weighted by Gasteiger charge is 2.80. The van der Waals surface area contributed by atoms with Gasteiger partial charge in [0.05, 0.1) is 37.1 Å². The Hall–Kier alpha value is -0.730. The standard InChI is InChI=1S/C39H63NO6.H2/c1-35(2)30-14-12-25-27-21-29-26(11-13-28(45-29)33(41)36(3,4)43)37(27,5)17-18-38(25)23-39(30,38)16-15-31(35)46-32-22-40(19-20-44-32)34(42)24-9-7-6-8-10-24;/h24-33,41,43H,6-23H2,1-5H3;1H/t25?,26?,27?,28?,29?,30?,31-,32?,33-,37?,38?,39?;/m0./s1. The number of rotatable bonds is 5. The Morgan fingerprint density at radius 2 is 1.70 bits per heavy atom. The highest BCUT2D eigenvalue weighted by atomic mass is 16.7. The molecule has 0 radical (unpaired) electrons. The lowest BCUT2D eigenvalue weighted by Crippen LogP contribution is -2.56. The lowest BCUT2D eigenvalue weighted by Gasteiger charge is -2.60. The Labute approximate surface area is 279 Å². The average Bonchev–Trinajstić information content (AvgIpc) is 3.61. The van der Waals surface area contributed by atoms with Gasteiger partial charge in [0, 0.05) is 13.9 Å². The first-order valence-corrected chi connectivity index (χ1v) is 19.4. The average molecular weight is 644 g/mol. The summed E-state index contributed by atoms with van der Waals surface area (Å²) in [5.41, 5.74) is 0.203. The number of hydrogen-bond acceptors (Lipinski definition) is 6. The fraction of sp³-hybridized carbons (Fsp3) is 0.974. The third-order valence-electron chi connectivity index (χ3n) is 16.3. The number of ether oxygens (including phenoxy) is 3. The molecule has 262 valence electrons. The molecule has 2 heterocycles. The van der Waals surface area contributed by atoms with E-state index in [-0.39, 0.29) is 37.4 Å². The molecule has 0 aromatic carbocycles. The molecule has 46 heavy (non-hydrogen) atoms. The SMILES string of the molecule is CC12CCC34CC35CC[C@H](OC3CN(C(=O)C6CCCCC6)CCO3)C(C)(C)C5CCC4C1CC1OC([C@H](O)C(C)(C)O)CCC12.[HH]. The predicted molar refractivity (Wildman–Crippen MR) is 178 cm³/mol. The molecule has 2 aliphatic heterocycles. The Bertz CT molecular complexity index is 1180. The number of hydrogen-bond donors (Lipinski definition) is 2. The summed E-state index contributed by atoms with van der Waals surface area (Å²) in [5.74, 6) is 3.27. The van der Waals surface area contributed by atoms with Crippen molar-refractivity contribution in [3.8, 4) is 0 Å². The maximum Gasteiger partial charge on any atom is 0.225 e. The van der Waals surface area contributed by atoms with Gasteiger partial charge in [-0.1, -0.05) is 40.0 Å². The molecule has 7 heteroatoms. The minimum Gasteiger partial charge on any atom is -0.388 e. The zero-order valence-corrected chi connectivity index (χ0v) is 29.5. The van der Waals surface area contributed by atoms with Crippen molar-refractivity contribution in [2.24, 2.45) is 51.2 Å². The number of morpholine rings is 1. The predicted octanol–water partition coefficient (Wildman–Crippen LogP) is 6.72. The minimum atomic E-state index is -1.14. The molecule has 12 atom stereocenters. The molecule has 8 aliphatic rings. The second-order valence-electron chi connectivity index (χ2n) is 19.0. The number of nitrogens with zero attached hydrogens (tertiary/aromatic N) is 1. The van der Waals surface area contributed by atoms with Gasteiger partial charge in [0.1, 0.15) is 6.10 Å². The molecule has 6 saturated carbocycles. The molecule has 8 fully saturated rings. The zero-order chi connectivity index (χ0) is 32.3. The van der Waals surface area contributed by atoms with E-state index in [1.54, 1.807) is 13.8 Å². The third kappa shape index (κ3) is 4.77. The molecular formula is C39H65NO6. The van der Waals surface area contributed by atoms with Gasteiger partial charge < -0.3 is 29.3 Å². The van der Waals surface area contributed by atoms with Crippen LogP contribution in [0.4, 0.5) is 0 Å². The van der Waals surface area contributed by atoms with Gasteiger partial charge in [0.25, 0.3) is 0 Å². The molecule has 7 nitrogen and oxygen atoms in total. The van der Waals surface area contributed by atoms with E-state index in [1.165, 1.54) is 57.8 Å². The molecule has 6 aliphatic carbocycles. The van der Waals surface area contributed by atoms with Crippen molar-refractivity contribution in [2.45, 2.75) is 167 Å². The Balaban J connectivity index is 0.00000351. The molecule has 1 amide bonds. The van der Waals surface area contributed by atoms with Crippen LogP contribution in [0.1, 0.15) is 132 Å². The summed E-state index contributed by atoms with van der Waals surface area (Å²) >= 11 is 0. The summed E-state index contributed by atoms with van der Waals surface area (Å²) in [6.45, 7) is 12.8. The van der Waals surface area contributed by atoms with Crippen LogP contribution in [-0.4, -0.2) is 77.0 Å². The van der Waals surface area contributed by atoms with Gasteiger partial charge in [0.2, 0.25) is 5.91 Å². The number of carbonyl (C=O) groups excluding carboxylic acids is 1. The Morgan fingerprint density at radius 3 is 2.46 bits per heavy atom. The first-order valence-electron chi connectivity index (χ1n) is 19.4. The van der Waals surface area contributed by atoms with Gasteiger partial charge in [-0.05, 0) is 136 Å². The monoisotopic (exact) mass is 643 g/mol. The van der Waals surface area contributed by atoms with E-state index in [2.05, 4.69) is 25.7 Å². The molecule has 2 N–H and O–H groups in total. The van der Waals surface area contributed by atoms with E-state index in [0.717, 1.165) is 44.4 Å². The van der Waals surface area contributed by atoms with Crippen LogP contribution in [0.25, 0.3) is 0 Å². The summed E-state index contributed by atoms with van der Waals surface area (Å²) in [6.07, 6.45) is 16.9. The Morgan fingerprint density at radius 1 is 0.935 bits per heavy atom. The molecule has 10 unspecified atom stereocenters. The quantitative estimate of drug-likeness (QED) is 0.346. The smallest absolute Gasteiger partial charge is 0.225 e. The van der Waals surface area contributed by atoms with Gasteiger partial charge in [-0.3, -0.25) is 4.79 Å². The van der Waals surface area contributed by atoms with E-state index in [1.807, 2.05) is 0 Å². The van der Waals surface area contributed by atoms with Crippen molar-refractivity contribution in [3.05, 3.63) is 0 Å². The van der Waals surface area contributed by atoms with E-state index in [0.29, 0.717) is 59.6 Å². The van der Waals surface area contributed by atoms with Gasteiger partial charge in [-0.2, -0.15) is 0 Å². The number of aliphatic hydroxyl groups excluding tert-OH is 1. The van der Waals surface area contributed by atoms with Crippen LogP contribution in [-0.2, 0) is 19.0 Å². The lowest BCUT2D eigenvalue weighted by molar-refractivity contribution is -0.245. The van der Waals surface area contributed by atoms with E-state index < -0.39 is 11.7 Å². The molecule has 0 aromatic rings. The summed E-state index contributed by atoms with van der Waals surface area (Å²) in [7, 11) is 0. The van der Waals surface area contributed by atoms with Crippen molar-refractivity contribution in [2.75, 3.05) is 19.7 Å². The molecule has 0 aromatic heterocycles. The summed E-state index contributed by atoms with van der Waals surface area (Å²) in [5, 5.41) is 21.4. The second kappa shape index (κ2) is 11.1. The van der Waals surface area contributed by atoms with Gasteiger partial charge in [-0.25, -0.2) is 0 Å². The third-order valence-corrected chi connectivity index (χ3v) is 16.3. The maximum absolute atomic E-state index is 13.3. The van der Waals surface area contributed by atoms with Crippen LogP contribution in [0, 0.1) is 51.2 Å². The Kier molecular flexibility index (Phi) is 7.86. The highest BCUT2D eigenvalue weighted by molar-refractivity contribution is 5.79. The van der Waals surface area contributed by atoms with Crippen LogP contribution in [0.5, 0.6) is 0 Å². The molecule has 8 rings (SSSR count). The first-order chi connectivity index (χ1) is 21.8. The van der Waals surface area contributed by atoms with Crippen molar-refractivity contribution in [3.63, 3.8) is 0 Å². The van der Waals surface area contributed by atoms with Crippen LogP contribution >= 0.6 is 0 Å². The fourth-order valence-corrected chi connectivity index (χ4v) is 13.9. The maximum atomic E-state index is 13.3. The molecule has 2 saturated heterocycles. The first kappa shape index (κ1) is 32.5. The largest absolute Gasteiger partial charge is 0.388 e. The van der Waals surface area contributed by atoms with Crippen LogP contribution in [0.15, 0.2) is 0 Å². The number of aliphatic hydroxyl groups is 2. The number of amides is 1. The second-order valence-corrected chi connectivity index (χ2v) is 19.0. The van der Waals surface area contributed by atoms with Crippen molar-refractivity contribution < 1.29 is 30.6 Å². The van der Waals surface area contributed by atoms with E-state index in [9.17, 15) is 15.0 Å². The normalized spacial score (nSPS) is 49.2. The van der Waals surface area contributed by atoms with Crippen molar-refractivity contribution >= 4 is 5.91 Å². The van der Waals surface area contributed by atoms with Gasteiger partial charge in [0.15, 0.2) is 6.29 Å². The van der Waals surface area contributed by atoms with Crippen LogP contribution in [0.2, 0.25) is 0 Å². The minimum absolute atomic E-state index is 0. The van der Waals surface area contributed by atoms with Crippen molar-refractivity contribution in [1.82, 2.24) is 4.90 Å². The van der Waals surface area contributed by atoms with Gasteiger partial charge >= 0.3 is 0 Å². The summed E-state index contributed by atoms with van der Waals surface area (Å²) in [4.78, 5) is 15.4.